The zero-order valence-electron chi connectivity index (χ0n) is 10.9. The van der Waals surface area contributed by atoms with E-state index in [1.807, 2.05) is 13.8 Å². The smallest absolute Gasteiger partial charge is 0.237 e. The molecule has 2 amide bonds. The Bertz CT molecular complexity index is 291. The molecule has 0 aliphatic carbocycles. The fraction of sp³-hybridized carbons (Fsp3) is 0.833. The minimum Gasteiger partial charge on any atom is -0.368 e. The third-order valence-corrected chi connectivity index (χ3v) is 3.08. The molecule has 0 spiro atoms. The molecule has 1 heterocycles. The standard InChI is InChI=1S/C12H23N3O2/c1-8(2)6-15(7-11(13)16)12(17)10-5-14-4-9(10)3/h8-10,14H,4-7H2,1-3H3,(H2,13,16). The van der Waals surface area contributed by atoms with Crippen LogP contribution in [0.25, 0.3) is 0 Å². The highest BCUT2D eigenvalue weighted by atomic mass is 16.2. The van der Waals surface area contributed by atoms with E-state index in [0.717, 1.165) is 6.54 Å². The molecule has 0 aromatic rings. The summed E-state index contributed by atoms with van der Waals surface area (Å²) in [6, 6.07) is 0. The maximum Gasteiger partial charge on any atom is 0.237 e. The summed E-state index contributed by atoms with van der Waals surface area (Å²) in [6.45, 7) is 8.29. The Morgan fingerprint density at radius 3 is 2.47 bits per heavy atom. The van der Waals surface area contributed by atoms with Crippen LogP contribution in [0, 0.1) is 17.8 Å². The SMILES string of the molecule is CC(C)CN(CC(N)=O)C(=O)C1CNCC1C. The molecule has 5 nitrogen and oxygen atoms in total. The van der Waals surface area contributed by atoms with Gasteiger partial charge in [-0.3, -0.25) is 9.59 Å². The molecule has 98 valence electrons. The van der Waals surface area contributed by atoms with Crippen molar-refractivity contribution in [2.75, 3.05) is 26.2 Å². The van der Waals surface area contributed by atoms with Crippen molar-refractivity contribution >= 4 is 11.8 Å². The predicted molar refractivity (Wildman–Crippen MR) is 66.1 cm³/mol. The zero-order chi connectivity index (χ0) is 13.0. The molecule has 1 aliphatic rings. The molecule has 5 heteroatoms. The Morgan fingerprint density at radius 2 is 2.06 bits per heavy atom. The summed E-state index contributed by atoms with van der Waals surface area (Å²) in [5.74, 6) is 0.244. The van der Waals surface area contributed by atoms with Gasteiger partial charge in [-0.05, 0) is 18.4 Å². The van der Waals surface area contributed by atoms with E-state index in [-0.39, 0.29) is 18.4 Å². The van der Waals surface area contributed by atoms with Crippen molar-refractivity contribution in [1.29, 1.82) is 0 Å². The molecular weight excluding hydrogens is 218 g/mol. The second kappa shape index (κ2) is 6.00. The van der Waals surface area contributed by atoms with Crippen molar-refractivity contribution in [2.45, 2.75) is 20.8 Å². The Kier molecular flexibility index (Phi) is 4.93. The lowest BCUT2D eigenvalue weighted by atomic mass is 9.96. The summed E-state index contributed by atoms with van der Waals surface area (Å²) >= 11 is 0. The fourth-order valence-electron chi connectivity index (χ4n) is 2.24. The van der Waals surface area contributed by atoms with Gasteiger partial charge >= 0.3 is 0 Å². The van der Waals surface area contributed by atoms with E-state index in [1.54, 1.807) is 4.90 Å². The fourth-order valence-corrected chi connectivity index (χ4v) is 2.24. The first-order valence-corrected chi connectivity index (χ1v) is 6.19. The number of nitrogens with one attached hydrogen (secondary N) is 1. The van der Waals surface area contributed by atoms with Gasteiger partial charge < -0.3 is 16.0 Å². The molecule has 0 aromatic heterocycles. The van der Waals surface area contributed by atoms with Crippen LogP contribution in [0.3, 0.4) is 0 Å². The quantitative estimate of drug-likeness (QED) is 0.700. The van der Waals surface area contributed by atoms with Gasteiger partial charge in [0, 0.05) is 13.1 Å². The van der Waals surface area contributed by atoms with Crippen LogP contribution in [0.1, 0.15) is 20.8 Å². The number of nitrogens with zero attached hydrogens (tertiary/aromatic N) is 1. The van der Waals surface area contributed by atoms with E-state index in [2.05, 4.69) is 12.2 Å². The van der Waals surface area contributed by atoms with Crippen LogP contribution in [0.5, 0.6) is 0 Å². The highest BCUT2D eigenvalue weighted by molar-refractivity contribution is 5.85. The van der Waals surface area contributed by atoms with E-state index in [0.29, 0.717) is 24.9 Å². The van der Waals surface area contributed by atoms with Gasteiger partial charge in [-0.2, -0.15) is 0 Å². The van der Waals surface area contributed by atoms with Crippen molar-refractivity contribution in [3.63, 3.8) is 0 Å². The summed E-state index contributed by atoms with van der Waals surface area (Å²) < 4.78 is 0. The van der Waals surface area contributed by atoms with Crippen LogP contribution < -0.4 is 11.1 Å². The average Bonchev–Trinajstić information content (AvgIpc) is 2.61. The monoisotopic (exact) mass is 241 g/mol. The Hall–Kier alpha value is -1.10. The lowest BCUT2D eigenvalue weighted by Gasteiger charge is -2.27. The number of hydrogen-bond donors (Lipinski definition) is 2. The molecule has 17 heavy (non-hydrogen) atoms. The molecule has 0 aromatic carbocycles. The molecule has 3 N–H and O–H groups in total. The van der Waals surface area contributed by atoms with Crippen molar-refractivity contribution < 1.29 is 9.59 Å². The Morgan fingerprint density at radius 1 is 1.41 bits per heavy atom. The number of carbonyl (C=O) groups excluding carboxylic acids is 2. The molecule has 1 aliphatic heterocycles. The lowest BCUT2D eigenvalue weighted by Crippen LogP contribution is -2.45. The second-order valence-electron chi connectivity index (χ2n) is 5.32. The first-order valence-electron chi connectivity index (χ1n) is 6.19. The van der Waals surface area contributed by atoms with Gasteiger partial charge in [0.05, 0.1) is 12.5 Å². The summed E-state index contributed by atoms with van der Waals surface area (Å²) in [5, 5.41) is 3.20. The van der Waals surface area contributed by atoms with Gasteiger partial charge in [-0.1, -0.05) is 20.8 Å². The Labute approximate surface area is 103 Å². The second-order valence-corrected chi connectivity index (χ2v) is 5.32. The van der Waals surface area contributed by atoms with Crippen LogP contribution in [-0.4, -0.2) is 42.9 Å². The molecule has 1 fully saturated rings. The normalized spacial score (nSPS) is 24.0. The van der Waals surface area contributed by atoms with E-state index in [1.165, 1.54) is 0 Å². The summed E-state index contributed by atoms with van der Waals surface area (Å²) in [4.78, 5) is 24.9. The van der Waals surface area contributed by atoms with Crippen molar-refractivity contribution in [3.05, 3.63) is 0 Å². The molecule has 0 bridgehead atoms. The third kappa shape index (κ3) is 4.00. The van der Waals surface area contributed by atoms with Crippen LogP contribution in [-0.2, 0) is 9.59 Å². The molecule has 2 unspecified atom stereocenters. The maximum atomic E-state index is 12.3. The summed E-state index contributed by atoms with van der Waals surface area (Å²) in [7, 11) is 0. The zero-order valence-corrected chi connectivity index (χ0v) is 10.9. The number of rotatable bonds is 5. The average molecular weight is 241 g/mol. The minimum absolute atomic E-state index is 0.0203. The highest BCUT2D eigenvalue weighted by Gasteiger charge is 2.33. The predicted octanol–water partition coefficient (Wildman–Crippen LogP) is -0.188. The number of amides is 2. The molecular formula is C12H23N3O2. The molecule has 1 rings (SSSR count). The van der Waals surface area contributed by atoms with Gasteiger partial charge in [-0.15, -0.1) is 0 Å². The summed E-state index contributed by atoms with van der Waals surface area (Å²) in [5.41, 5.74) is 5.19. The van der Waals surface area contributed by atoms with E-state index in [9.17, 15) is 9.59 Å². The van der Waals surface area contributed by atoms with Gasteiger partial charge in [0.25, 0.3) is 0 Å². The van der Waals surface area contributed by atoms with Crippen molar-refractivity contribution in [2.24, 2.45) is 23.5 Å². The van der Waals surface area contributed by atoms with E-state index < -0.39 is 5.91 Å². The number of primary amides is 1. The van der Waals surface area contributed by atoms with Crippen LogP contribution in [0.4, 0.5) is 0 Å². The Balaban J connectivity index is 2.67. The van der Waals surface area contributed by atoms with Crippen LogP contribution in [0.2, 0.25) is 0 Å². The molecule has 1 saturated heterocycles. The van der Waals surface area contributed by atoms with Crippen molar-refractivity contribution in [1.82, 2.24) is 10.2 Å². The minimum atomic E-state index is -0.447. The van der Waals surface area contributed by atoms with Gasteiger partial charge in [0.1, 0.15) is 0 Å². The third-order valence-electron chi connectivity index (χ3n) is 3.08. The van der Waals surface area contributed by atoms with Crippen molar-refractivity contribution in [3.8, 4) is 0 Å². The number of hydrogen-bond acceptors (Lipinski definition) is 3. The maximum absolute atomic E-state index is 12.3. The molecule has 0 saturated carbocycles. The van der Waals surface area contributed by atoms with E-state index >= 15 is 0 Å². The largest absolute Gasteiger partial charge is 0.368 e. The lowest BCUT2D eigenvalue weighted by molar-refractivity contribution is -0.139. The molecule has 0 radical (unpaired) electrons. The highest BCUT2D eigenvalue weighted by Crippen LogP contribution is 2.19. The van der Waals surface area contributed by atoms with Gasteiger partial charge in [0.15, 0.2) is 0 Å². The van der Waals surface area contributed by atoms with Crippen LogP contribution in [0.15, 0.2) is 0 Å². The summed E-state index contributed by atoms with van der Waals surface area (Å²) in [6.07, 6.45) is 0. The van der Waals surface area contributed by atoms with Crippen LogP contribution >= 0.6 is 0 Å². The topological polar surface area (TPSA) is 75.4 Å². The van der Waals surface area contributed by atoms with Gasteiger partial charge in [0.2, 0.25) is 11.8 Å². The van der Waals surface area contributed by atoms with E-state index in [4.69, 9.17) is 5.73 Å². The first-order chi connectivity index (χ1) is 7.91. The number of nitrogens with two attached hydrogens (primary N) is 1. The molecule has 2 atom stereocenters. The van der Waals surface area contributed by atoms with Gasteiger partial charge in [-0.25, -0.2) is 0 Å². The number of carbonyl (C=O) groups is 2. The first kappa shape index (κ1) is 14.0.